The van der Waals surface area contributed by atoms with Crippen molar-refractivity contribution in [2.24, 2.45) is 11.7 Å². The lowest BCUT2D eigenvalue weighted by atomic mass is 9.99. The Labute approximate surface area is 101 Å². The van der Waals surface area contributed by atoms with Crippen LogP contribution in [0.1, 0.15) is 33.6 Å². The Morgan fingerprint density at radius 3 is 2.25 bits per heavy atom. The number of likely N-dealkylation sites (tertiary alicyclic amines) is 1. The van der Waals surface area contributed by atoms with E-state index in [0.29, 0.717) is 6.04 Å². The first-order chi connectivity index (χ1) is 7.71. The first-order valence-corrected chi connectivity index (χ1v) is 6.87. The van der Waals surface area contributed by atoms with E-state index in [0.717, 1.165) is 32.1 Å². The van der Waals surface area contributed by atoms with Gasteiger partial charge < -0.3 is 10.6 Å². The highest BCUT2D eigenvalue weighted by Crippen LogP contribution is 2.16. The lowest BCUT2D eigenvalue weighted by Gasteiger charge is -2.36. The Morgan fingerprint density at radius 1 is 1.25 bits per heavy atom. The van der Waals surface area contributed by atoms with Crippen molar-refractivity contribution >= 4 is 0 Å². The van der Waals surface area contributed by atoms with Gasteiger partial charge in [-0.15, -0.1) is 0 Å². The Balaban J connectivity index is 2.37. The van der Waals surface area contributed by atoms with Gasteiger partial charge in [0, 0.05) is 19.1 Å². The van der Waals surface area contributed by atoms with Gasteiger partial charge in [-0.1, -0.05) is 20.8 Å². The van der Waals surface area contributed by atoms with Crippen LogP contribution in [0.2, 0.25) is 0 Å². The molecule has 1 saturated heterocycles. The molecule has 1 rings (SSSR count). The summed E-state index contributed by atoms with van der Waals surface area (Å²) in [7, 11) is 0. The lowest BCUT2D eigenvalue weighted by Crippen LogP contribution is -2.49. The number of nitrogens with zero attached hydrogens (tertiary/aromatic N) is 2. The lowest BCUT2D eigenvalue weighted by molar-refractivity contribution is 0.123. The van der Waals surface area contributed by atoms with Crippen LogP contribution in [0.25, 0.3) is 0 Å². The number of hydrogen-bond donors (Lipinski definition) is 1. The molecule has 1 fully saturated rings. The van der Waals surface area contributed by atoms with Gasteiger partial charge in [0.1, 0.15) is 0 Å². The van der Waals surface area contributed by atoms with Crippen LogP contribution in [0, 0.1) is 5.92 Å². The molecule has 16 heavy (non-hydrogen) atoms. The molecule has 0 radical (unpaired) electrons. The van der Waals surface area contributed by atoms with Crippen molar-refractivity contribution in [3.8, 4) is 0 Å². The fraction of sp³-hybridized carbons (Fsp3) is 1.00. The average Bonchev–Trinajstić information content (AvgIpc) is 2.32. The minimum atomic E-state index is 0.545. The maximum atomic E-state index is 5.90. The van der Waals surface area contributed by atoms with Crippen molar-refractivity contribution in [2.45, 2.75) is 39.7 Å². The second-order valence-electron chi connectivity index (χ2n) is 5.09. The van der Waals surface area contributed by atoms with Gasteiger partial charge in [0.2, 0.25) is 0 Å². The molecule has 0 aromatic heterocycles. The van der Waals surface area contributed by atoms with Crippen molar-refractivity contribution < 1.29 is 0 Å². The Morgan fingerprint density at radius 2 is 1.81 bits per heavy atom. The quantitative estimate of drug-likeness (QED) is 0.744. The Kier molecular flexibility index (Phi) is 6.32. The predicted molar refractivity (Wildman–Crippen MR) is 70.6 cm³/mol. The number of hydrogen-bond acceptors (Lipinski definition) is 3. The summed E-state index contributed by atoms with van der Waals surface area (Å²) in [5, 5.41) is 0. The zero-order valence-electron chi connectivity index (χ0n) is 11.3. The van der Waals surface area contributed by atoms with Crippen LogP contribution in [0.4, 0.5) is 0 Å². The molecule has 2 N–H and O–H groups in total. The molecule has 0 aliphatic carbocycles. The van der Waals surface area contributed by atoms with Crippen LogP contribution >= 0.6 is 0 Å². The van der Waals surface area contributed by atoms with Gasteiger partial charge in [-0.3, -0.25) is 4.90 Å². The molecular weight excluding hydrogens is 198 g/mol. The summed E-state index contributed by atoms with van der Waals surface area (Å²) in [6.45, 7) is 13.5. The van der Waals surface area contributed by atoms with Crippen LogP contribution in [-0.4, -0.2) is 55.1 Å². The topological polar surface area (TPSA) is 32.5 Å². The van der Waals surface area contributed by atoms with Crippen LogP contribution in [-0.2, 0) is 0 Å². The van der Waals surface area contributed by atoms with Crippen molar-refractivity contribution in [3.63, 3.8) is 0 Å². The van der Waals surface area contributed by atoms with Gasteiger partial charge in [0.25, 0.3) is 0 Å². The van der Waals surface area contributed by atoms with E-state index in [-0.39, 0.29) is 0 Å². The normalized spacial score (nSPS) is 21.6. The van der Waals surface area contributed by atoms with E-state index >= 15 is 0 Å². The first kappa shape index (κ1) is 13.9. The van der Waals surface area contributed by atoms with Gasteiger partial charge in [-0.2, -0.15) is 0 Å². The van der Waals surface area contributed by atoms with Gasteiger partial charge in [-0.25, -0.2) is 0 Å². The molecule has 96 valence electrons. The zero-order chi connectivity index (χ0) is 12.0. The van der Waals surface area contributed by atoms with Crippen LogP contribution in [0.5, 0.6) is 0 Å². The maximum Gasteiger partial charge on any atom is 0.0345 e. The van der Waals surface area contributed by atoms with E-state index in [1.165, 1.54) is 25.9 Å². The zero-order valence-corrected chi connectivity index (χ0v) is 11.3. The van der Waals surface area contributed by atoms with Crippen LogP contribution < -0.4 is 5.73 Å². The highest BCUT2D eigenvalue weighted by Gasteiger charge is 2.21. The number of likely N-dealkylation sites (N-methyl/N-ethyl adjacent to an activating group) is 1. The first-order valence-electron chi connectivity index (χ1n) is 6.87. The molecule has 0 bridgehead atoms. The molecule has 3 nitrogen and oxygen atoms in total. The van der Waals surface area contributed by atoms with E-state index < -0.39 is 0 Å². The number of piperidine rings is 1. The fourth-order valence-corrected chi connectivity index (χ4v) is 2.62. The van der Waals surface area contributed by atoms with Gasteiger partial charge in [0.05, 0.1) is 0 Å². The van der Waals surface area contributed by atoms with Gasteiger partial charge >= 0.3 is 0 Å². The largest absolute Gasteiger partial charge is 0.329 e. The molecule has 1 heterocycles. The summed E-state index contributed by atoms with van der Waals surface area (Å²) >= 11 is 0. The van der Waals surface area contributed by atoms with Gasteiger partial charge in [-0.05, 0) is 44.9 Å². The summed E-state index contributed by atoms with van der Waals surface area (Å²) in [6, 6.07) is 0.545. The summed E-state index contributed by atoms with van der Waals surface area (Å²) in [4.78, 5) is 5.08. The van der Waals surface area contributed by atoms with Crippen LogP contribution in [0.15, 0.2) is 0 Å². The Hall–Kier alpha value is -0.120. The van der Waals surface area contributed by atoms with Crippen molar-refractivity contribution in [1.82, 2.24) is 9.80 Å². The summed E-state index contributed by atoms with van der Waals surface area (Å²) in [5.74, 6) is 0.918. The molecule has 1 aliphatic heterocycles. The third kappa shape index (κ3) is 4.04. The van der Waals surface area contributed by atoms with Crippen molar-refractivity contribution in [3.05, 3.63) is 0 Å². The van der Waals surface area contributed by atoms with E-state index in [4.69, 9.17) is 5.73 Å². The molecule has 0 amide bonds. The molecule has 1 aliphatic rings. The molecular formula is C13H29N3. The van der Waals surface area contributed by atoms with Crippen molar-refractivity contribution in [2.75, 3.05) is 39.3 Å². The second kappa shape index (κ2) is 7.25. The third-order valence-electron chi connectivity index (χ3n) is 3.95. The molecule has 0 aromatic carbocycles. The molecule has 1 atom stereocenters. The van der Waals surface area contributed by atoms with Gasteiger partial charge in [0.15, 0.2) is 0 Å². The highest BCUT2D eigenvalue weighted by molar-refractivity contribution is 4.78. The third-order valence-corrected chi connectivity index (χ3v) is 3.95. The fourth-order valence-electron chi connectivity index (χ4n) is 2.62. The number of nitrogens with two attached hydrogens (primary N) is 1. The van der Waals surface area contributed by atoms with Crippen LogP contribution in [0.3, 0.4) is 0 Å². The molecule has 0 aromatic rings. The second-order valence-corrected chi connectivity index (χ2v) is 5.09. The highest BCUT2D eigenvalue weighted by atomic mass is 15.2. The van der Waals surface area contributed by atoms with Crippen molar-refractivity contribution in [1.29, 1.82) is 0 Å². The Bertz CT molecular complexity index is 172. The van der Waals surface area contributed by atoms with E-state index in [9.17, 15) is 0 Å². The minimum Gasteiger partial charge on any atom is -0.329 e. The molecule has 3 heteroatoms. The molecule has 1 unspecified atom stereocenters. The summed E-state index contributed by atoms with van der Waals surface area (Å²) in [5.41, 5.74) is 5.90. The molecule has 0 spiro atoms. The number of rotatable bonds is 6. The minimum absolute atomic E-state index is 0.545. The monoisotopic (exact) mass is 227 g/mol. The predicted octanol–water partition coefficient (Wildman–Crippen LogP) is 1.39. The smallest absolute Gasteiger partial charge is 0.0345 e. The average molecular weight is 227 g/mol. The van der Waals surface area contributed by atoms with E-state index in [1.54, 1.807) is 0 Å². The summed E-state index contributed by atoms with van der Waals surface area (Å²) < 4.78 is 0. The molecule has 0 saturated carbocycles. The standard InChI is InChI=1S/C13H29N3/c1-4-16(5-2)13(10-14)11-15-8-6-12(3)7-9-15/h12-13H,4-11,14H2,1-3H3. The summed E-state index contributed by atoms with van der Waals surface area (Å²) in [6.07, 6.45) is 2.71. The van der Waals surface area contributed by atoms with E-state index in [1.807, 2.05) is 0 Å². The van der Waals surface area contributed by atoms with E-state index in [2.05, 4.69) is 30.6 Å². The SMILES string of the molecule is CCN(CC)C(CN)CN1CCC(C)CC1. The maximum absolute atomic E-state index is 5.90.